The molecule has 9 rings (SSSR count). The van der Waals surface area contributed by atoms with Gasteiger partial charge in [-0.2, -0.15) is 0 Å². The Hall–Kier alpha value is -7.73. The minimum absolute atomic E-state index is 0.0739. The molecule has 0 bridgehead atoms. The summed E-state index contributed by atoms with van der Waals surface area (Å²) in [5.74, 6) is 1.34. The first-order valence-corrected chi connectivity index (χ1v) is 23.4. The fourth-order valence-electron chi connectivity index (χ4n) is 10.3. The minimum atomic E-state index is -1.46. The SMILES string of the molecule is COc1ccc2c(c1)OC(c1ccc(OC)c(OC)c1)C(O)C2c1c2c(c3c(c1OC(C)=O)C(c1ccc(OC)cc1OC)C(O)C(c1ccc(OC)c(OC)c1)O3)CC(O)C(c1ccc(OC)c(OC)c1)O2. The van der Waals surface area contributed by atoms with Crippen LogP contribution in [0.25, 0.3) is 0 Å². The molecule has 0 fully saturated rings. The number of fused-ring (bicyclic) bond motifs is 4. The molecule has 73 heavy (non-hydrogen) atoms. The van der Waals surface area contributed by atoms with E-state index in [2.05, 4.69) is 0 Å². The molecule has 0 saturated heterocycles. The summed E-state index contributed by atoms with van der Waals surface area (Å²) in [5.41, 5.74) is 3.25. The molecule has 17 heteroatoms. The van der Waals surface area contributed by atoms with Crippen LogP contribution in [0.4, 0.5) is 0 Å². The van der Waals surface area contributed by atoms with Crippen molar-refractivity contribution in [2.45, 2.75) is 61.8 Å². The van der Waals surface area contributed by atoms with Gasteiger partial charge in [0.25, 0.3) is 0 Å². The zero-order valence-corrected chi connectivity index (χ0v) is 42.0. The number of carbonyl (C=O) groups excluding carboxylic acids is 1. The number of ether oxygens (including phenoxy) is 13. The molecular formula is C56H58O17. The first-order valence-electron chi connectivity index (χ1n) is 23.4. The highest BCUT2D eigenvalue weighted by Crippen LogP contribution is 2.62. The van der Waals surface area contributed by atoms with Crippen LogP contribution in [0.3, 0.4) is 0 Å². The molecule has 0 saturated carbocycles. The van der Waals surface area contributed by atoms with E-state index in [4.69, 9.17) is 61.6 Å². The van der Waals surface area contributed by atoms with Gasteiger partial charge in [0.15, 0.2) is 46.7 Å². The van der Waals surface area contributed by atoms with Gasteiger partial charge in [0.05, 0.1) is 81.9 Å². The van der Waals surface area contributed by atoms with Crippen LogP contribution in [0.5, 0.6) is 74.7 Å². The number of benzene rings is 6. The maximum Gasteiger partial charge on any atom is 0.308 e. The van der Waals surface area contributed by atoms with Crippen molar-refractivity contribution in [1.29, 1.82) is 0 Å². The summed E-state index contributed by atoms with van der Waals surface area (Å²) >= 11 is 0. The van der Waals surface area contributed by atoms with Crippen molar-refractivity contribution in [1.82, 2.24) is 0 Å². The summed E-state index contributed by atoms with van der Waals surface area (Å²) in [4.78, 5) is 13.9. The van der Waals surface area contributed by atoms with E-state index >= 15 is 0 Å². The number of aliphatic hydroxyl groups is 3. The van der Waals surface area contributed by atoms with Crippen LogP contribution in [-0.2, 0) is 11.2 Å². The quantitative estimate of drug-likeness (QED) is 0.0661. The Labute approximate surface area is 422 Å². The van der Waals surface area contributed by atoms with Crippen LogP contribution in [0, 0.1) is 0 Å². The zero-order chi connectivity index (χ0) is 51.8. The van der Waals surface area contributed by atoms with Gasteiger partial charge in [-0.05, 0) is 65.2 Å². The van der Waals surface area contributed by atoms with Gasteiger partial charge >= 0.3 is 5.97 Å². The summed E-state index contributed by atoms with van der Waals surface area (Å²) in [6, 6.07) is 25.9. The molecule has 0 aromatic heterocycles. The molecular weight excluding hydrogens is 945 g/mol. The number of methoxy groups -OCH3 is 9. The summed E-state index contributed by atoms with van der Waals surface area (Å²) in [6.45, 7) is 1.26. The van der Waals surface area contributed by atoms with E-state index in [0.717, 1.165) is 0 Å². The van der Waals surface area contributed by atoms with E-state index in [0.29, 0.717) is 90.9 Å². The lowest BCUT2D eigenvalue weighted by Crippen LogP contribution is -2.40. The van der Waals surface area contributed by atoms with Gasteiger partial charge in [0, 0.05) is 53.3 Å². The Balaban J connectivity index is 1.40. The monoisotopic (exact) mass is 1000 g/mol. The maximum atomic E-state index is 13.9. The molecule has 0 radical (unpaired) electrons. The van der Waals surface area contributed by atoms with Gasteiger partial charge in [-0.15, -0.1) is 0 Å². The second kappa shape index (κ2) is 20.8. The van der Waals surface area contributed by atoms with Crippen LogP contribution in [-0.4, -0.2) is 104 Å². The lowest BCUT2D eigenvalue weighted by molar-refractivity contribution is -0.132. The molecule has 17 nitrogen and oxygen atoms in total. The zero-order valence-electron chi connectivity index (χ0n) is 42.0. The maximum absolute atomic E-state index is 13.9. The Morgan fingerprint density at radius 3 is 1.36 bits per heavy atom. The van der Waals surface area contributed by atoms with E-state index in [1.54, 1.807) is 91.0 Å². The molecule has 3 aliphatic heterocycles. The van der Waals surface area contributed by atoms with Crippen LogP contribution >= 0.6 is 0 Å². The van der Waals surface area contributed by atoms with Crippen molar-refractivity contribution in [2.24, 2.45) is 0 Å². The van der Waals surface area contributed by atoms with Crippen LogP contribution in [0.1, 0.15) is 81.6 Å². The Morgan fingerprint density at radius 1 is 0.466 bits per heavy atom. The van der Waals surface area contributed by atoms with Gasteiger partial charge in [0.2, 0.25) is 0 Å². The highest BCUT2D eigenvalue weighted by atomic mass is 16.6. The molecule has 0 aliphatic carbocycles. The van der Waals surface area contributed by atoms with E-state index < -0.39 is 54.4 Å². The van der Waals surface area contributed by atoms with Gasteiger partial charge < -0.3 is 76.9 Å². The number of rotatable bonds is 15. The molecule has 384 valence electrons. The predicted molar refractivity (Wildman–Crippen MR) is 264 cm³/mol. The second-order valence-electron chi connectivity index (χ2n) is 17.6. The average molecular weight is 1000 g/mol. The van der Waals surface area contributed by atoms with Crippen molar-refractivity contribution >= 4 is 5.97 Å². The summed E-state index contributed by atoms with van der Waals surface area (Å²) < 4.78 is 78.7. The van der Waals surface area contributed by atoms with Crippen molar-refractivity contribution in [3.8, 4) is 74.7 Å². The molecule has 3 heterocycles. The van der Waals surface area contributed by atoms with Crippen molar-refractivity contribution < 1.29 is 81.7 Å². The van der Waals surface area contributed by atoms with Gasteiger partial charge in [-0.25, -0.2) is 0 Å². The standard InChI is InChI=1S/C56H58O17/c1-27(57)70-56-47-45(33-16-14-31(61-2)24-40(33)66-7)50(60)53(30-13-20-39(65-6)44(23-30)69-10)73-55(47)35-26-36(58)51(28-11-18-37(63-4)42(21-28)67-8)72-54(35)48(56)46-34-17-15-32(62-3)25-41(34)71-52(49(46)59)29-12-19-38(64-5)43(22-29)68-9/h11-25,36,45-46,49-53,58-60H,26H2,1-10H3. The third-order valence-electron chi connectivity index (χ3n) is 13.7. The van der Waals surface area contributed by atoms with E-state index in [-0.39, 0.29) is 34.8 Å². The number of carbonyl (C=O) groups is 1. The lowest BCUT2D eigenvalue weighted by Gasteiger charge is -2.44. The van der Waals surface area contributed by atoms with Crippen molar-refractivity contribution in [3.63, 3.8) is 0 Å². The third-order valence-corrected chi connectivity index (χ3v) is 13.7. The second-order valence-corrected chi connectivity index (χ2v) is 17.6. The normalized spacial score (nSPS) is 21.5. The largest absolute Gasteiger partial charge is 0.497 e. The van der Waals surface area contributed by atoms with Crippen molar-refractivity contribution in [3.05, 3.63) is 136 Å². The van der Waals surface area contributed by atoms with Crippen LogP contribution < -0.4 is 61.6 Å². The predicted octanol–water partition coefficient (Wildman–Crippen LogP) is 7.98. The smallest absolute Gasteiger partial charge is 0.308 e. The third kappa shape index (κ3) is 8.91. The van der Waals surface area contributed by atoms with Gasteiger partial charge in [0.1, 0.15) is 58.6 Å². The fourth-order valence-corrected chi connectivity index (χ4v) is 10.3. The van der Waals surface area contributed by atoms with E-state index in [9.17, 15) is 20.1 Å². The lowest BCUT2D eigenvalue weighted by atomic mass is 9.72. The number of aliphatic hydroxyl groups excluding tert-OH is 3. The Bertz CT molecular complexity index is 3030. The highest BCUT2D eigenvalue weighted by Gasteiger charge is 2.51. The first-order chi connectivity index (χ1) is 35.3. The van der Waals surface area contributed by atoms with E-state index in [1.165, 1.54) is 70.9 Å². The molecule has 3 N–H and O–H groups in total. The number of hydrogen-bond acceptors (Lipinski definition) is 17. The van der Waals surface area contributed by atoms with Gasteiger partial charge in [-0.3, -0.25) is 4.79 Å². The highest BCUT2D eigenvalue weighted by molar-refractivity contribution is 5.77. The Morgan fingerprint density at radius 2 is 0.890 bits per heavy atom. The van der Waals surface area contributed by atoms with Crippen molar-refractivity contribution in [2.75, 3.05) is 64.0 Å². The van der Waals surface area contributed by atoms with Gasteiger partial charge in [-0.1, -0.05) is 30.3 Å². The molecule has 6 aromatic rings. The number of hydrogen-bond donors (Lipinski definition) is 3. The summed E-state index contributed by atoms with van der Waals surface area (Å²) in [6.07, 6.45) is -7.56. The molecule has 3 aliphatic rings. The molecule has 6 aromatic carbocycles. The topological polar surface area (TPSA) is 198 Å². The average Bonchev–Trinajstić information content (AvgIpc) is 3.41. The molecule has 8 unspecified atom stereocenters. The summed E-state index contributed by atoms with van der Waals surface area (Å²) in [7, 11) is 13.6. The molecule has 0 amide bonds. The summed E-state index contributed by atoms with van der Waals surface area (Å²) in [5, 5.41) is 38.8. The minimum Gasteiger partial charge on any atom is -0.497 e. The Kier molecular flexibility index (Phi) is 14.3. The van der Waals surface area contributed by atoms with E-state index in [1.807, 2.05) is 0 Å². The number of esters is 1. The first kappa shape index (κ1) is 50.2. The van der Waals surface area contributed by atoms with Crippen LogP contribution in [0.15, 0.2) is 91.0 Å². The van der Waals surface area contributed by atoms with Crippen LogP contribution in [0.2, 0.25) is 0 Å². The molecule has 0 spiro atoms. The molecule has 8 atom stereocenters. The fraction of sp³-hybridized carbons (Fsp3) is 0.339.